The molecule has 1 aliphatic rings. The molecule has 0 bridgehead atoms. The summed E-state index contributed by atoms with van der Waals surface area (Å²) in [5, 5.41) is 18.3. The molecule has 7 heteroatoms. The molecule has 0 radical (unpaired) electrons. The maximum atomic E-state index is 11.8. The normalized spacial score (nSPS) is 19.8. The summed E-state index contributed by atoms with van der Waals surface area (Å²) in [6.07, 6.45) is 1.14. The highest BCUT2D eigenvalue weighted by molar-refractivity contribution is 14.0. The molecule has 0 aliphatic heterocycles. The van der Waals surface area contributed by atoms with E-state index in [-0.39, 0.29) is 42.2 Å². The Morgan fingerprint density at radius 1 is 1.36 bits per heavy atom. The number of halogens is 1. The van der Waals surface area contributed by atoms with E-state index in [1.54, 1.807) is 12.1 Å². The number of carbonyl (C=O) groups excluding carboxylic acids is 1. The zero-order valence-corrected chi connectivity index (χ0v) is 15.1. The molecule has 1 saturated carbocycles. The lowest BCUT2D eigenvalue weighted by Gasteiger charge is -2.10. The Bertz CT molecular complexity index is 519. The van der Waals surface area contributed by atoms with E-state index in [0.717, 1.165) is 13.0 Å². The Balaban J connectivity index is 0.00000242. The van der Waals surface area contributed by atoms with Crippen molar-refractivity contribution in [2.24, 2.45) is 10.9 Å². The predicted octanol–water partition coefficient (Wildman–Crippen LogP) is 1.91. The molecule has 0 aromatic heterocycles. The minimum Gasteiger partial charge on any atom is -0.508 e. The first-order valence-electron chi connectivity index (χ1n) is 7.22. The maximum Gasteiger partial charge on any atom is 0.246 e. The molecule has 2 atom stereocenters. The Kier molecular flexibility index (Phi) is 7.43. The molecule has 2 unspecified atom stereocenters. The molecule has 2 rings (SSSR count). The van der Waals surface area contributed by atoms with Crippen molar-refractivity contribution in [1.29, 1.82) is 0 Å². The topological polar surface area (TPSA) is 85.8 Å². The van der Waals surface area contributed by atoms with E-state index in [1.807, 2.05) is 6.92 Å². The van der Waals surface area contributed by atoms with Gasteiger partial charge in [-0.1, -0.05) is 6.92 Å². The summed E-state index contributed by atoms with van der Waals surface area (Å²) in [5.74, 6) is 1.32. The number of hydrogen-bond donors (Lipinski definition) is 4. The van der Waals surface area contributed by atoms with E-state index < -0.39 is 0 Å². The average Bonchev–Trinajstić information content (AvgIpc) is 3.14. The molecule has 1 aromatic carbocycles. The summed E-state index contributed by atoms with van der Waals surface area (Å²) in [5.41, 5.74) is 0.641. The Morgan fingerprint density at radius 3 is 2.55 bits per heavy atom. The molecule has 0 heterocycles. The molecule has 1 aliphatic carbocycles. The second kappa shape index (κ2) is 8.82. The van der Waals surface area contributed by atoms with Crippen LogP contribution < -0.4 is 16.0 Å². The Labute approximate surface area is 147 Å². The third-order valence-electron chi connectivity index (χ3n) is 3.31. The molecule has 6 nitrogen and oxygen atoms in total. The highest BCUT2D eigenvalue weighted by atomic mass is 127. The molecule has 122 valence electrons. The molecule has 0 spiro atoms. The molecular weight excluding hydrogens is 395 g/mol. The second-order valence-corrected chi connectivity index (χ2v) is 5.25. The fourth-order valence-corrected chi connectivity index (χ4v) is 1.91. The van der Waals surface area contributed by atoms with Gasteiger partial charge in [0.05, 0.1) is 0 Å². The van der Waals surface area contributed by atoms with Crippen LogP contribution >= 0.6 is 24.0 Å². The van der Waals surface area contributed by atoms with Crippen LogP contribution in [0, 0.1) is 5.92 Å². The third-order valence-corrected chi connectivity index (χ3v) is 3.31. The summed E-state index contributed by atoms with van der Waals surface area (Å²) < 4.78 is 0. The fourth-order valence-electron chi connectivity index (χ4n) is 1.91. The summed E-state index contributed by atoms with van der Waals surface area (Å²) in [4.78, 5) is 16.1. The first-order chi connectivity index (χ1) is 10.1. The Hall–Kier alpha value is -1.51. The van der Waals surface area contributed by atoms with Crippen molar-refractivity contribution in [3.05, 3.63) is 24.3 Å². The number of aromatic hydroxyl groups is 1. The van der Waals surface area contributed by atoms with Gasteiger partial charge in [0, 0.05) is 18.3 Å². The monoisotopic (exact) mass is 418 g/mol. The van der Waals surface area contributed by atoms with Crippen molar-refractivity contribution in [2.75, 3.05) is 18.4 Å². The number of amides is 1. The highest BCUT2D eigenvalue weighted by Crippen LogP contribution is 2.28. The van der Waals surface area contributed by atoms with Crippen LogP contribution in [0.15, 0.2) is 29.3 Å². The van der Waals surface area contributed by atoms with E-state index >= 15 is 0 Å². The second-order valence-electron chi connectivity index (χ2n) is 5.25. The largest absolute Gasteiger partial charge is 0.508 e. The first-order valence-corrected chi connectivity index (χ1v) is 7.22. The van der Waals surface area contributed by atoms with Crippen LogP contribution in [-0.4, -0.2) is 36.1 Å². The number of aliphatic imine (C=N–C) groups is 1. The number of phenols is 1. The van der Waals surface area contributed by atoms with Crippen LogP contribution in [0.3, 0.4) is 0 Å². The molecule has 1 aromatic rings. The summed E-state index contributed by atoms with van der Waals surface area (Å²) in [7, 11) is 0. The molecule has 0 saturated heterocycles. The maximum absolute atomic E-state index is 11.8. The van der Waals surface area contributed by atoms with Gasteiger partial charge >= 0.3 is 0 Å². The van der Waals surface area contributed by atoms with Gasteiger partial charge in [-0.15, -0.1) is 24.0 Å². The van der Waals surface area contributed by atoms with Crippen LogP contribution in [0.25, 0.3) is 0 Å². The van der Waals surface area contributed by atoms with Crippen molar-refractivity contribution in [2.45, 2.75) is 26.3 Å². The third kappa shape index (κ3) is 6.08. The van der Waals surface area contributed by atoms with Gasteiger partial charge in [-0.2, -0.15) is 0 Å². The van der Waals surface area contributed by atoms with E-state index in [2.05, 4.69) is 27.9 Å². The number of rotatable bonds is 5. The van der Waals surface area contributed by atoms with Crippen molar-refractivity contribution in [3.8, 4) is 5.75 Å². The van der Waals surface area contributed by atoms with Crippen molar-refractivity contribution in [3.63, 3.8) is 0 Å². The minimum atomic E-state index is -0.193. The molecular formula is C15H23IN4O2. The van der Waals surface area contributed by atoms with Crippen LogP contribution in [0.4, 0.5) is 5.69 Å². The van der Waals surface area contributed by atoms with E-state index in [9.17, 15) is 9.90 Å². The van der Waals surface area contributed by atoms with Gasteiger partial charge in [-0.25, -0.2) is 4.99 Å². The number of benzene rings is 1. The van der Waals surface area contributed by atoms with Crippen LogP contribution in [0.1, 0.15) is 20.3 Å². The number of guanidine groups is 1. The van der Waals surface area contributed by atoms with Crippen LogP contribution in [0.5, 0.6) is 5.75 Å². The number of phenolic OH excluding ortho intramolecular Hbond substituents is 1. The van der Waals surface area contributed by atoms with Crippen LogP contribution in [-0.2, 0) is 4.79 Å². The van der Waals surface area contributed by atoms with Gasteiger partial charge in [-0.3, -0.25) is 4.79 Å². The average molecular weight is 418 g/mol. The predicted molar refractivity (Wildman–Crippen MR) is 98.8 cm³/mol. The van der Waals surface area contributed by atoms with Crippen LogP contribution in [0.2, 0.25) is 0 Å². The Morgan fingerprint density at radius 2 is 2.00 bits per heavy atom. The molecule has 1 fully saturated rings. The first kappa shape index (κ1) is 18.5. The van der Waals surface area contributed by atoms with Crippen molar-refractivity contribution >= 4 is 41.5 Å². The number of nitrogens with one attached hydrogen (secondary N) is 3. The molecule has 22 heavy (non-hydrogen) atoms. The number of hydrogen-bond acceptors (Lipinski definition) is 3. The van der Waals surface area contributed by atoms with E-state index in [0.29, 0.717) is 23.6 Å². The van der Waals surface area contributed by atoms with Gasteiger partial charge in [0.25, 0.3) is 0 Å². The zero-order chi connectivity index (χ0) is 15.2. The fraction of sp³-hybridized carbons (Fsp3) is 0.467. The summed E-state index contributed by atoms with van der Waals surface area (Å²) in [6.45, 7) is 4.98. The van der Waals surface area contributed by atoms with Crippen molar-refractivity contribution in [1.82, 2.24) is 10.6 Å². The standard InChI is InChI=1S/C15H22N4O2.HI/c1-3-16-15(19-13-8-10(13)2)17-9-14(21)18-11-4-6-12(20)7-5-11;/h4-7,10,13,20H,3,8-9H2,1-2H3,(H,18,21)(H2,16,17,19);1H. The van der Waals surface area contributed by atoms with E-state index in [1.165, 1.54) is 12.1 Å². The van der Waals surface area contributed by atoms with Crippen molar-refractivity contribution < 1.29 is 9.90 Å². The molecule has 1 amide bonds. The zero-order valence-electron chi connectivity index (χ0n) is 12.8. The number of carbonyl (C=O) groups is 1. The highest BCUT2D eigenvalue weighted by Gasteiger charge is 2.33. The lowest BCUT2D eigenvalue weighted by Crippen LogP contribution is -2.39. The quantitative estimate of drug-likeness (QED) is 0.255. The summed E-state index contributed by atoms with van der Waals surface area (Å²) in [6, 6.07) is 6.80. The SMILES string of the molecule is CCNC(=NCC(=O)Nc1ccc(O)cc1)NC1CC1C.I. The van der Waals surface area contributed by atoms with Gasteiger partial charge in [-0.05, 0) is 43.5 Å². The number of nitrogens with zero attached hydrogens (tertiary/aromatic N) is 1. The lowest BCUT2D eigenvalue weighted by molar-refractivity contribution is -0.114. The molecule has 4 N–H and O–H groups in total. The van der Waals surface area contributed by atoms with E-state index in [4.69, 9.17) is 0 Å². The van der Waals surface area contributed by atoms with Gasteiger partial charge in [0.15, 0.2) is 5.96 Å². The minimum absolute atomic E-state index is 0. The summed E-state index contributed by atoms with van der Waals surface area (Å²) >= 11 is 0. The smallest absolute Gasteiger partial charge is 0.246 e. The van der Waals surface area contributed by atoms with Gasteiger partial charge in [0.1, 0.15) is 12.3 Å². The van der Waals surface area contributed by atoms with Gasteiger partial charge < -0.3 is 21.1 Å². The lowest BCUT2D eigenvalue weighted by atomic mass is 10.3. The number of anilines is 1. The van der Waals surface area contributed by atoms with Gasteiger partial charge in [0.2, 0.25) is 5.91 Å².